The van der Waals surface area contributed by atoms with E-state index in [1.165, 1.54) is 16.7 Å². The highest BCUT2D eigenvalue weighted by Gasteiger charge is 2.17. The van der Waals surface area contributed by atoms with Crippen molar-refractivity contribution in [2.45, 2.75) is 19.6 Å². The van der Waals surface area contributed by atoms with Crippen molar-refractivity contribution in [3.05, 3.63) is 227 Å². The van der Waals surface area contributed by atoms with Crippen molar-refractivity contribution in [1.82, 2.24) is 0 Å². The van der Waals surface area contributed by atoms with Gasteiger partial charge in [-0.2, -0.15) is 9.13 Å². The Morgan fingerprint density at radius 1 is 0.491 bits per heavy atom. The fourth-order valence-electron chi connectivity index (χ4n) is 7.08. The molecule has 0 atom stereocenters. The van der Waals surface area contributed by atoms with Crippen LogP contribution in [0.25, 0.3) is 27.9 Å². The molecule has 278 valence electrons. The number of hydrogen-bond donors (Lipinski definition) is 0. The highest BCUT2D eigenvalue weighted by molar-refractivity contribution is 5.90. The standard InChI is InChI=1S/C17H15NO.2C17H14NO/c19-13-16-9-4-8-15-10-5-11-18(17(15)16)12-14-6-2-1-3-7-14;19-13-15-8-9-17-16(11-15)7-4-10-18(17)12-14-5-2-1-3-6-14;19-13-15-8-9-16-7-4-10-18(17(16)11-15)12-14-5-2-1-3-6-14/h1-10,13H,11-12H2;2*1-11,13H,12H2/q;2*+1. The van der Waals surface area contributed by atoms with Gasteiger partial charge < -0.3 is 4.90 Å². The summed E-state index contributed by atoms with van der Waals surface area (Å²) in [4.78, 5) is 35.2. The Hall–Kier alpha value is -7.31. The Kier molecular flexibility index (Phi) is 12.5. The molecule has 0 aliphatic carbocycles. The maximum atomic E-state index is 11.2. The molecule has 0 saturated heterocycles. The van der Waals surface area contributed by atoms with Crippen LogP contribution in [0.2, 0.25) is 0 Å². The SMILES string of the molecule is O=Cc1ccc2c(ccc[n+]2Cc2ccccc2)c1.O=Cc1ccc2ccc[n+](Cc3ccccc3)c2c1.O=Cc1cccc2c1N(Cc1ccccc1)CC=C2. The third kappa shape index (κ3) is 9.68. The van der Waals surface area contributed by atoms with E-state index >= 15 is 0 Å². The number of benzene rings is 6. The number of hydrogen-bond acceptors (Lipinski definition) is 4. The van der Waals surface area contributed by atoms with Gasteiger partial charge in [-0.15, -0.1) is 0 Å². The van der Waals surface area contributed by atoms with E-state index in [9.17, 15) is 14.4 Å². The number of nitrogens with zero attached hydrogens (tertiary/aromatic N) is 3. The summed E-state index contributed by atoms with van der Waals surface area (Å²) >= 11 is 0. The summed E-state index contributed by atoms with van der Waals surface area (Å²) in [5.41, 5.74) is 10.3. The van der Waals surface area contributed by atoms with E-state index in [0.29, 0.717) is 11.1 Å². The molecule has 9 rings (SSSR count). The van der Waals surface area contributed by atoms with Crippen LogP contribution in [0, 0.1) is 0 Å². The number of pyridine rings is 2. The molecule has 0 N–H and O–H groups in total. The van der Waals surface area contributed by atoms with Crippen molar-refractivity contribution in [3.63, 3.8) is 0 Å². The third-order valence-electron chi connectivity index (χ3n) is 9.85. The Balaban J connectivity index is 0.000000131. The van der Waals surface area contributed by atoms with Crippen molar-refractivity contribution in [2.75, 3.05) is 11.4 Å². The first-order chi connectivity index (χ1) is 28.1. The second kappa shape index (κ2) is 18.8. The average Bonchev–Trinajstić information content (AvgIpc) is 3.27. The molecule has 6 aromatic carbocycles. The first-order valence-corrected chi connectivity index (χ1v) is 19.0. The number of carbonyl (C=O) groups is 3. The molecule has 0 spiro atoms. The van der Waals surface area contributed by atoms with E-state index in [4.69, 9.17) is 0 Å². The van der Waals surface area contributed by atoms with Crippen LogP contribution in [0.15, 0.2) is 188 Å². The Morgan fingerprint density at radius 3 is 1.70 bits per heavy atom. The van der Waals surface area contributed by atoms with E-state index < -0.39 is 0 Å². The molecule has 0 amide bonds. The van der Waals surface area contributed by atoms with Gasteiger partial charge in [0, 0.05) is 75.9 Å². The molecule has 6 heteroatoms. The largest absolute Gasteiger partial charge is 0.362 e. The summed E-state index contributed by atoms with van der Waals surface area (Å²) in [6.07, 6.45) is 11.0. The molecule has 1 aliphatic rings. The molecule has 1 aliphatic heterocycles. The van der Waals surface area contributed by atoms with Crippen LogP contribution >= 0.6 is 0 Å². The van der Waals surface area contributed by atoms with Crippen LogP contribution in [0.3, 0.4) is 0 Å². The maximum Gasteiger partial charge on any atom is 0.213 e. The minimum Gasteiger partial charge on any atom is -0.362 e. The van der Waals surface area contributed by atoms with Gasteiger partial charge in [0.15, 0.2) is 31.8 Å². The lowest BCUT2D eigenvalue weighted by atomic mass is 10.0. The number of aromatic nitrogens is 2. The van der Waals surface area contributed by atoms with Gasteiger partial charge in [-0.05, 0) is 47.5 Å². The van der Waals surface area contributed by atoms with Gasteiger partial charge in [-0.1, -0.05) is 121 Å². The molecule has 3 heterocycles. The molecule has 0 saturated carbocycles. The van der Waals surface area contributed by atoms with Crippen LogP contribution in [0.5, 0.6) is 0 Å². The number of anilines is 1. The predicted molar refractivity (Wildman–Crippen MR) is 229 cm³/mol. The zero-order chi connectivity index (χ0) is 39.2. The van der Waals surface area contributed by atoms with Crippen molar-refractivity contribution >= 4 is 52.4 Å². The molecule has 0 unspecified atom stereocenters. The van der Waals surface area contributed by atoms with E-state index in [1.54, 1.807) is 0 Å². The minimum atomic E-state index is 0.709. The van der Waals surface area contributed by atoms with Gasteiger partial charge in [0.05, 0.1) is 5.69 Å². The van der Waals surface area contributed by atoms with Gasteiger partial charge in [-0.25, -0.2) is 0 Å². The quantitative estimate of drug-likeness (QED) is 0.109. The summed E-state index contributed by atoms with van der Waals surface area (Å²) in [5, 5.41) is 2.23. The van der Waals surface area contributed by atoms with E-state index in [2.05, 4.69) is 80.9 Å². The summed E-state index contributed by atoms with van der Waals surface area (Å²) < 4.78 is 4.36. The Labute approximate surface area is 333 Å². The fourth-order valence-corrected chi connectivity index (χ4v) is 7.08. The monoisotopic (exact) mass is 745 g/mol. The molecule has 0 bridgehead atoms. The van der Waals surface area contributed by atoms with Crippen molar-refractivity contribution in [2.24, 2.45) is 0 Å². The first-order valence-electron chi connectivity index (χ1n) is 19.0. The summed E-state index contributed by atoms with van der Waals surface area (Å²) in [7, 11) is 0. The molecule has 6 nitrogen and oxygen atoms in total. The smallest absolute Gasteiger partial charge is 0.213 e. The van der Waals surface area contributed by atoms with Crippen LogP contribution in [-0.2, 0) is 19.6 Å². The zero-order valence-electron chi connectivity index (χ0n) is 31.6. The highest BCUT2D eigenvalue weighted by atomic mass is 16.1. The lowest BCUT2D eigenvalue weighted by Crippen LogP contribution is -2.34. The molecule has 0 radical (unpaired) electrons. The third-order valence-corrected chi connectivity index (χ3v) is 9.85. The molecular weight excluding hydrogens is 703 g/mol. The number of aldehydes is 3. The summed E-state index contributed by atoms with van der Waals surface area (Å²) in [6.45, 7) is 3.30. The minimum absolute atomic E-state index is 0.709. The molecular formula is C51H43N3O3+2. The number of para-hydroxylation sites is 1. The maximum absolute atomic E-state index is 11.2. The second-order valence-electron chi connectivity index (χ2n) is 13.8. The fraction of sp³-hybridized carbons (Fsp3) is 0.0784. The second-order valence-corrected chi connectivity index (χ2v) is 13.8. The van der Waals surface area contributed by atoms with Crippen LogP contribution in [0.4, 0.5) is 5.69 Å². The van der Waals surface area contributed by atoms with Gasteiger partial charge >= 0.3 is 0 Å². The van der Waals surface area contributed by atoms with E-state index in [0.717, 1.165) is 83.7 Å². The van der Waals surface area contributed by atoms with Gasteiger partial charge in [-0.3, -0.25) is 14.4 Å². The van der Waals surface area contributed by atoms with Gasteiger partial charge in [0.1, 0.15) is 12.6 Å². The summed E-state index contributed by atoms with van der Waals surface area (Å²) in [5.74, 6) is 0. The first kappa shape index (κ1) is 38.0. The lowest BCUT2D eigenvalue weighted by molar-refractivity contribution is -0.662. The Morgan fingerprint density at radius 2 is 1.07 bits per heavy atom. The molecule has 0 fully saturated rings. The molecule has 57 heavy (non-hydrogen) atoms. The predicted octanol–water partition coefficient (Wildman–Crippen LogP) is 9.51. The van der Waals surface area contributed by atoms with Crippen LogP contribution in [0.1, 0.15) is 53.3 Å². The van der Waals surface area contributed by atoms with Crippen molar-refractivity contribution < 1.29 is 23.5 Å². The van der Waals surface area contributed by atoms with Crippen molar-refractivity contribution in [3.8, 4) is 0 Å². The highest BCUT2D eigenvalue weighted by Crippen LogP contribution is 2.30. The average molecular weight is 746 g/mol. The Bertz CT molecular complexity index is 2640. The summed E-state index contributed by atoms with van der Waals surface area (Å²) in [6, 6.07) is 56.5. The van der Waals surface area contributed by atoms with Crippen LogP contribution in [-0.4, -0.2) is 25.4 Å². The van der Waals surface area contributed by atoms with E-state index in [1.807, 2.05) is 128 Å². The number of rotatable bonds is 9. The number of carbonyl (C=O) groups excluding carboxylic acids is 3. The van der Waals surface area contributed by atoms with Gasteiger partial charge in [0.2, 0.25) is 11.0 Å². The van der Waals surface area contributed by atoms with Crippen molar-refractivity contribution in [1.29, 1.82) is 0 Å². The molecule has 8 aromatic rings. The van der Waals surface area contributed by atoms with Gasteiger partial charge in [0.25, 0.3) is 0 Å². The van der Waals surface area contributed by atoms with E-state index in [-0.39, 0.29) is 0 Å². The zero-order valence-corrected chi connectivity index (χ0v) is 31.6. The molecule has 2 aromatic heterocycles. The normalized spacial score (nSPS) is 11.4. The number of fused-ring (bicyclic) bond motifs is 3. The topological polar surface area (TPSA) is 62.2 Å². The van der Waals surface area contributed by atoms with Crippen LogP contribution < -0.4 is 14.0 Å². The lowest BCUT2D eigenvalue weighted by Gasteiger charge is -2.29.